The van der Waals surface area contributed by atoms with Crippen molar-refractivity contribution in [2.75, 3.05) is 0 Å². The Balaban J connectivity index is 2.18. The summed E-state index contributed by atoms with van der Waals surface area (Å²) in [5, 5.41) is 2.89. The summed E-state index contributed by atoms with van der Waals surface area (Å²) < 4.78 is 25.5. The Morgan fingerprint density at radius 2 is 2.00 bits per heavy atom. The molecule has 1 aromatic heterocycles. The first kappa shape index (κ1) is 14.3. The molecule has 7 heteroatoms. The van der Waals surface area contributed by atoms with Crippen molar-refractivity contribution in [1.29, 1.82) is 0 Å². The van der Waals surface area contributed by atoms with E-state index in [1.165, 1.54) is 6.92 Å². The highest BCUT2D eigenvalue weighted by Crippen LogP contribution is 2.14. The third kappa shape index (κ3) is 3.05. The fraction of sp³-hybridized carbons (Fsp3) is 0.231. The minimum atomic E-state index is -3.58. The Morgan fingerprint density at radius 1 is 1.35 bits per heavy atom. The van der Waals surface area contributed by atoms with E-state index in [4.69, 9.17) is 5.73 Å². The largest absolute Gasteiger partial charge is 0.369 e. The smallest absolute Gasteiger partial charge is 0.235 e. The Labute approximate surface area is 117 Å². The van der Waals surface area contributed by atoms with Crippen LogP contribution in [0.1, 0.15) is 12.5 Å². The first-order valence-corrected chi connectivity index (χ1v) is 7.71. The quantitative estimate of drug-likeness (QED) is 0.876. The molecule has 0 saturated heterocycles. The van der Waals surface area contributed by atoms with Crippen LogP contribution in [0.4, 0.5) is 0 Å². The number of carbonyl (C=O) groups excluding carboxylic acids is 1. The lowest BCUT2D eigenvalue weighted by Gasteiger charge is -2.10. The van der Waals surface area contributed by atoms with Crippen molar-refractivity contribution < 1.29 is 13.2 Å². The van der Waals surface area contributed by atoms with Gasteiger partial charge in [0.15, 0.2) is 9.84 Å². The number of nitrogens with zero attached hydrogens (tertiary/aromatic N) is 2. The van der Waals surface area contributed by atoms with Gasteiger partial charge in [-0.15, -0.1) is 0 Å². The van der Waals surface area contributed by atoms with Gasteiger partial charge in [0, 0.05) is 12.4 Å². The van der Waals surface area contributed by atoms with E-state index in [1.807, 2.05) is 0 Å². The van der Waals surface area contributed by atoms with Crippen molar-refractivity contribution in [2.24, 2.45) is 5.73 Å². The molecule has 6 nitrogen and oxygen atoms in total. The average molecular weight is 293 g/mol. The van der Waals surface area contributed by atoms with Crippen molar-refractivity contribution in [3.05, 3.63) is 48.3 Å². The molecule has 0 bridgehead atoms. The Hall–Kier alpha value is -2.15. The molecule has 1 atom stereocenters. The first-order chi connectivity index (χ1) is 9.40. The maximum atomic E-state index is 11.9. The molecule has 1 heterocycles. The van der Waals surface area contributed by atoms with E-state index >= 15 is 0 Å². The van der Waals surface area contributed by atoms with Crippen LogP contribution in [-0.4, -0.2) is 29.4 Å². The average Bonchev–Trinajstić information content (AvgIpc) is 2.92. The molecule has 0 unspecified atom stereocenters. The lowest BCUT2D eigenvalue weighted by atomic mass is 10.2. The maximum absolute atomic E-state index is 11.9. The minimum Gasteiger partial charge on any atom is -0.369 e. The number of nitrogens with two attached hydrogens (primary N) is 1. The van der Waals surface area contributed by atoms with E-state index in [-0.39, 0.29) is 5.75 Å². The highest BCUT2D eigenvalue weighted by Gasteiger charge is 2.25. The molecule has 2 N–H and O–H groups in total. The van der Waals surface area contributed by atoms with E-state index in [2.05, 4.69) is 5.10 Å². The summed E-state index contributed by atoms with van der Waals surface area (Å²) in [5.41, 5.74) is 6.47. The fourth-order valence-electron chi connectivity index (χ4n) is 1.70. The molecule has 0 aliphatic rings. The van der Waals surface area contributed by atoms with E-state index in [1.54, 1.807) is 47.4 Å². The highest BCUT2D eigenvalue weighted by molar-refractivity contribution is 7.92. The van der Waals surface area contributed by atoms with Crippen LogP contribution in [0.2, 0.25) is 0 Å². The maximum Gasteiger partial charge on any atom is 0.235 e. The number of amides is 1. The van der Waals surface area contributed by atoms with Gasteiger partial charge < -0.3 is 5.73 Å². The zero-order valence-electron chi connectivity index (χ0n) is 10.9. The summed E-state index contributed by atoms with van der Waals surface area (Å²) in [6, 6.07) is 8.73. The van der Waals surface area contributed by atoms with Crippen molar-refractivity contribution in [3.63, 3.8) is 0 Å². The molecule has 0 radical (unpaired) electrons. The van der Waals surface area contributed by atoms with Crippen LogP contribution >= 0.6 is 0 Å². The topological polar surface area (TPSA) is 95.0 Å². The van der Waals surface area contributed by atoms with Crippen LogP contribution in [0.25, 0.3) is 5.69 Å². The highest BCUT2D eigenvalue weighted by atomic mass is 32.2. The van der Waals surface area contributed by atoms with Gasteiger partial charge in [0.2, 0.25) is 5.91 Å². The number of hydrogen-bond acceptors (Lipinski definition) is 4. The number of benzene rings is 1. The van der Waals surface area contributed by atoms with Crippen molar-refractivity contribution >= 4 is 15.7 Å². The molecular weight excluding hydrogens is 278 g/mol. The van der Waals surface area contributed by atoms with Gasteiger partial charge in [-0.05, 0) is 30.7 Å². The third-order valence-corrected chi connectivity index (χ3v) is 5.06. The number of aromatic nitrogens is 2. The van der Waals surface area contributed by atoms with Crippen LogP contribution in [-0.2, 0) is 20.4 Å². The molecule has 20 heavy (non-hydrogen) atoms. The predicted octanol–water partition coefficient (Wildman–Crippen LogP) is 0.661. The van der Waals surface area contributed by atoms with Gasteiger partial charge in [-0.3, -0.25) is 4.79 Å². The molecule has 0 saturated carbocycles. The molecule has 2 aromatic rings. The van der Waals surface area contributed by atoms with Gasteiger partial charge in [0.25, 0.3) is 0 Å². The van der Waals surface area contributed by atoms with Crippen LogP contribution < -0.4 is 5.73 Å². The monoisotopic (exact) mass is 293 g/mol. The molecule has 1 aromatic carbocycles. The summed E-state index contributed by atoms with van der Waals surface area (Å²) in [6.45, 7) is 1.30. The van der Waals surface area contributed by atoms with E-state index < -0.39 is 21.0 Å². The fourth-order valence-corrected chi connectivity index (χ4v) is 2.96. The zero-order chi connectivity index (χ0) is 14.8. The molecule has 0 aliphatic heterocycles. The lowest BCUT2D eigenvalue weighted by Crippen LogP contribution is -2.33. The number of primary amides is 1. The Bertz CT molecular complexity index is 691. The van der Waals surface area contributed by atoms with Crippen molar-refractivity contribution in [3.8, 4) is 5.69 Å². The molecule has 0 fully saturated rings. The van der Waals surface area contributed by atoms with Crippen molar-refractivity contribution in [1.82, 2.24) is 9.78 Å². The number of hydrogen-bond donors (Lipinski definition) is 1. The summed E-state index contributed by atoms with van der Waals surface area (Å²) in [7, 11) is -3.58. The second kappa shape index (κ2) is 5.46. The summed E-state index contributed by atoms with van der Waals surface area (Å²) in [4.78, 5) is 11.0. The van der Waals surface area contributed by atoms with Gasteiger partial charge in [-0.2, -0.15) is 5.10 Å². The number of sulfone groups is 1. The van der Waals surface area contributed by atoms with Crippen LogP contribution in [0.3, 0.4) is 0 Å². The third-order valence-electron chi connectivity index (χ3n) is 3.01. The summed E-state index contributed by atoms with van der Waals surface area (Å²) in [5.74, 6) is -1.05. The molecule has 106 valence electrons. The molecule has 0 aliphatic carbocycles. The van der Waals surface area contributed by atoms with Crippen LogP contribution in [0, 0.1) is 0 Å². The van der Waals surface area contributed by atoms with Gasteiger partial charge in [0.1, 0.15) is 5.25 Å². The Morgan fingerprint density at radius 3 is 2.50 bits per heavy atom. The predicted molar refractivity (Wildman–Crippen MR) is 74.8 cm³/mol. The summed E-state index contributed by atoms with van der Waals surface area (Å²) in [6.07, 6.45) is 3.45. The molecule has 0 spiro atoms. The Kier molecular flexibility index (Phi) is 3.89. The van der Waals surface area contributed by atoms with Gasteiger partial charge in [-0.1, -0.05) is 12.1 Å². The zero-order valence-corrected chi connectivity index (χ0v) is 11.7. The van der Waals surface area contributed by atoms with Gasteiger partial charge >= 0.3 is 0 Å². The molecule has 2 rings (SSSR count). The molecule has 1 amide bonds. The van der Waals surface area contributed by atoms with E-state index in [0.29, 0.717) is 5.56 Å². The second-order valence-electron chi connectivity index (χ2n) is 4.47. The first-order valence-electron chi connectivity index (χ1n) is 6.00. The SMILES string of the molecule is C[C@@H](C(N)=O)S(=O)(=O)Cc1ccc(-n2cccn2)cc1. The van der Waals surface area contributed by atoms with Crippen LogP contribution in [0.5, 0.6) is 0 Å². The minimum absolute atomic E-state index is 0.212. The van der Waals surface area contributed by atoms with Gasteiger partial charge in [0.05, 0.1) is 11.4 Å². The lowest BCUT2D eigenvalue weighted by molar-refractivity contribution is -0.117. The van der Waals surface area contributed by atoms with Crippen molar-refractivity contribution in [2.45, 2.75) is 17.9 Å². The number of rotatable bonds is 5. The normalized spacial score (nSPS) is 13.1. The van der Waals surface area contributed by atoms with E-state index in [9.17, 15) is 13.2 Å². The van der Waals surface area contributed by atoms with E-state index in [0.717, 1.165) is 5.69 Å². The standard InChI is InChI=1S/C13H15N3O3S/c1-10(13(14)17)20(18,19)9-11-3-5-12(6-4-11)16-8-2-7-15-16/h2-8,10H,9H2,1H3,(H2,14,17)/t10-/m0/s1. The summed E-state index contributed by atoms with van der Waals surface area (Å²) >= 11 is 0. The van der Waals surface area contributed by atoms with Gasteiger partial charge in [-0.25, -0.2) is 13.1 Å². The van der Waals surface area contributed by atoms with Crippen LogP contribution in [0.15, 0.2) is 42.7 Å². The second-order valence-corrected chi connectivity index (χ2v) is 6.79. The molecular formula is C13H15N3O3S. The number of carbonyl (C=O) groups is 1.